The first-order valence-corrected chi connectivity index (χ1v) is 9.31. The molecule has 0 aromatic heterocycles. The lowest BCUT2D eigenvalue weighted by Gasteiger charge is -2.15. The van der Waals surface area contributed by atoms with Gasteiger partial charge >= 0.3 is 0 Å². The van der Waals surface area contributed by atoms with Crippen molar-refractivity contribution in [3.8, 4) is 5.75 Å². The Balaban J connectivity index is 3.05. The predicted molar refractivity (Wildman–Crippen MR) is 91.9 cm³/mol. The van der Waals surface area contributed by atoms with E-state index in [1.54, 1.807) is 6.07 Å². The van der Waals surface area contributed by atoms with E-state index in [2.05, 4.69) is 10.0 Å². The quantitative estimate of drug-likeness (QED) is 0.619. The molecule has 0 spiro atoms. The SMILES string of the molecule is CCCC(C)NC(=O)c1ccc(OC)c(S(=O)(=O)NCCOC)c1. The van der Waals surface area contributed by atoms with Crippen LogP contribution >= 0.6 is 0 Å². The fourth-order valence-electron chi connectivity index (χ4n) is 2.20. The molecule has 0 fully saturated rings. The van der Waals surface area contributed by atoms with Crippen molar-refractivity contribution in [1.82, 2.24) is 10.0 Å². The van der Waals surface area contributed by atoms with Crippen LogP contribution in [0, 0.1) is 0 Å². The van der Waals surface area contributed by atoms with Crippen LogP contribution in [0.15, 0.2) is 23.1 Å². The van der Waals surface area contributed by atoms with Crippen LogP contribution in [-0.2, 0) is 14.8 Å². The molecule has 0 saturated heterocycles. The van der Waals surface area contributed by atoms with Crippen molar-refractivity contribution in [2.75, 3.05) is 27.4 Å². The van der Waals surface area contributed by atoms with Gasteiger partial charge in [0.05, 0.1) is 13.7 Å². The number of carbonyl (C=O) groups is 1. The molecule has 8 heteroatoms. The number of sulfonamides is 1. The van der Waals surface area contributed by atoms with Gasteiger partial charge < -0.3 is 14.8 Å². The number of rotatable bonds is 10. The average molecular weight is 358 g/mol. The summed E-state index contributed by atoms with van der Waals surface area (Å²) in [6.07, 6.45) is 1.80. The van der Waals surface area contributed by atoms with E-state index in [0.717, 1.165) is 12.8 Å². The second-order valence-corrected chi connectivity index (χ2v) is 7.15. The standard InChI is InChI=1S/C16H26N2O5S/c1-5-6-12(2)18-16(19)13-7-8-14(23-4)15(11-13)24(20,21)17-9-10-22-3/h7-8,11-12,17H,5-6,9-10H2,1-4H3,(H,18,19). The Hall–Kier alpha value is -1.64. The van der Waals surface area contributed by atoms with Crippen molar-refractivity contribution in [2.24, 2.45) is 0 Å². The van der Waals surface area contributed by atoms with Crippen LogP contribution in [0.3, 0.4) is 0 Å². The summed E-state index contributed by atoms with van der Waals surface area (Å²) in [7, 11) is -0.940. The Labute approximate surface area is 143 Å². The molecule has 136 valence electrons. The van der Waals surface area contributed by atoms with Gasteiger partial charge in [-0.3, -0.25) is 4.79 Å². The maximum Gasteiger partial charge on any atom is 0.251 e. The summed E-state index contributed by atoms with van der Waals surface area (Å²) < 4.78 is 37.2. The van der Waals surface area contributed by atoms with Gasteiger partial charge in [-0.1, -0.05) is 13.3 Å². The molecule has 1 rings (SSSR count). The first-order valence-electron chi connectivity index (χ1n) is 7.83. The molecular weight excluding hydrogens is 332 g/mol. The van der Waals surface area contributed by atoms with E-state index in [9.17, 15) is 13.2 Å². The number of hydrogen-bond donors (Lipinski definition) is 2. The summed E-state index contributed by atoms with van der Waals surface area (Å²) in [6, 6.07) is 4.36. The largest absolute Gasteiger partial charge is 0.495 e. The van der Waals surface area contributed by atoms with Gasteiger partial charge in [-0.05, 0) is 31.5 Å². The van der Waals surface area contributed by atoms with Crippen LogP contribution in [0.25, 0.3) is 0 Å². The molecule has 1 unspecified atom stereocenters. The van der Waals surface area contributed by atoms with Crippen LogP contribution in [-0.4, -0.2) is 47.7 Å². The third-order valence-electron chi connectivity index (χ3n) is 3.41. The number of amides is 1. The molecule has 2 N–H and O–H groups in total. The predicted octanol–water partition coefficient (Wildman–Crippen LogP) is 1.54. The lowest BCUT2D eigenvalue weighted by molar-refractivity contribution is 0.0938. The lowest BCUT2D eigenvalue weighted by Crippen LogP contribution is -2.33. The fraction of sp³-hybridized carbons (Fsp3) is 0.562. The molecule has 0 radical (unpaired) electrons. The van der Waals surface area contributed by atoms with Crippen molar-refractivity contribution in [3.05, 3.63) is 23.8 Å². The summed E-state index contributed by atoms with van der Waals surface area (Å²) in [5.74, 6) is -0.134. The molecule has 0 heterocycles. The number of carbonyl (C=O) groups excluding carboxylic acids is 1. The van der Waals surface area contributed by atoms with Gasteiger partial charge in [0.1, 0.15) is 10.6 Å². The average Bonchev–Trinajstić information content (AvgIpc) is 2.54. The minimum absolute atomic E-state index is 0.0180. The Bertz CT molecular complexity index is 646. The van der Waals surface area contributed by atoms with Crippen molar-refractivity contribution in [2.45, 2.75) is 37.6 Å². The van der Waals surface area contributed by atoms with Crippen molar-refractivity contribution >= 4 is 15.9 Å². The second-order valence-electron chi connectivity index (χ2n) is 5.42. The highest BCUT2D eigenvalue weighted by atomic mass is 32.2. The van der Waals surface area contributed by atoms with Gasteiger partial charge in [0.25, 0.3) is 5.91 Å². The van der Waals surface area contributed by atoms with E-state index < -0.39 is 10.0 Å². The second kappa shape index (κ2) is 9.61. The maximum absolute atomic E-state index is 12.4. The Morgan fingerprint density at radius 3 is 2.58 bits per heavy atom. The Kier molecular flexibility index (Phi) is 8.17. The zero-order chi connectivity index (χ0) is 18.2. The number of nitrogens with one attached hydrogen (secondary N) is 2. The lowest BCUT2D eigenvalue weighted by atomic mass is 10.1. The number of benzene rings is 1. The first-order chi connectivity index (χ1) is 11.4. The minimum Gasteiger partial charge on any atom is -0.495 e. The van der Waals surface area contributed by atoms with E-state index in [-0.39, 0.29) is 41.3 Å². The van der Waals surface area contributed by atoms with Crippen LogP contribution in [0.2, 0.25) is 0 Å². The number of methoxy groups -OCH3 is 2. The van der Waals surface area contributed by atoms with Crippen LogP contribution in [0.1, 0.15) is 37.0 Å². The zero-order valence-electron chi connectivity index (χ0n) is 14.6. The summed E-state index contributed by atoms with van der Waals surface area (Å²) in [4.78, 5) is 12.2. The van der Waals surface area contributed by atoms with Crippen LogP contribution in [0.5, 0.6) is 5.75 Å². The van der Waals surface area contributed by atoms with Crippen LogP contribution < -0.4 is 14.8 Å². The van der Waals surface area contributed by atoms with Gasteiger partial charge in [-0.15, -0.1) is 0 Å². The third kappa shape index (κ3) is 5.77. The van der Waals surface area contributed by atoms with Crippen molar-refractivity contribution < 1.29 is 22.7 Å². The Morgan fingerprint density at radius 2 is 2.00 bits per heavy atom. The minimum atomic E-state index is -3.80. The van der Waals surface area contributed by atoms with E-state index in [0.29, 0.717) is 0 Å². The third-order valence-corrected chi connectivity index (χ3v) is 4.90. The summed E-state index contributed by atoms with van der Waals surface area (Å²) >= 11 is 0. The molecule has 0 aliphatic carbocycles. The van der Waals surface area contributed by atoms with Gasteiger partial charge in [-0.25, -0.2) is 13.1 Å². The molecule has 7 nitrogen and oxygen atoms in total. The van der Waals surface area contributed by atoms with Gasteiger partial charge in [-0.2, -0.15) is 0 Å². The normalized spacial score (nSPS) is 12.7. The molecule has 24 heavy (non-hydrogen) atoms. The van der Waals surface area contributed by atoms with Gasteiger partial charge in [0.15, 0.2) is 0 Å². The van der Waals surface area contributed by atoms with Gasteiger partial charge in [0, 0.05) is 25.3 Å². The molecule has 1 aromatic carbocycles. The number of ether oxygens (including phenoxy) is 2. The monoisotopic (exact) mass is 358 g/mol. The molecule has 1 aromatic rings. The molecule has 1 amide bonds. The number of hydrogen-bond acceptors (Lipinski definition) is 5. The van der Waals surface area contributed by atoms with Crippen LogP contribution in [0.4, 0.5) is 0 Å². The zero-order valence-corrected chi connectivity index (χ0v) is 15.4. The summed E-state index contributed by atoms with van der Waals surface area (Å²) in [5, 5.41) is 2.85. The Morgan fingerprint density at radius 1 is 1.29 bits per heavy atom. The van der Waals surface area contributed by atoms with E-state index in [1.165, 1.54) is 26.4 Å². The molecule has 0 saturated carbocycles. The molecule has 0 bridgehead atoms. The van der Waals surface area contributed by atoms with E-state index >= 15 is 0 Å². The van der Waals surface area contributed by atoms with Gasteiger partial charge in [0.2, 0.25) is 10.0 Å². The smallest absolute Gasteiger partial charge is 0.251 e. The molecule has 1 atom stereocenters. The van der Waals surface area contributed by atoms with E-state index in [1.807, 2.05) is 13.8 Å². The topological polar surface area (TPSA) is 93.7 Å². The van der Waals surface area contributed by atoms with Crippen molar-refractivity contribution in [1.29, 1.82) is 0 Å². The molecule has 0 aliphatic heterocycles. The highest BCUT2D eigenvalue weighted by Gasteiger charge is 2.21. The van der Waals surface area contributed by atoms with Crippen molar-refractivity contribution in [3.63, 3.8) is 0 Å². The summed E-state index contributed by atoms with van der Waals surface area (Å²) in [6.45, 7) is 4.32. The molecular formula is C16H26N2O5S. The highest BCUT2D eigenvalue weighted by molar-refractivity contribution is 7.89. The summed E-state index contributed by atoms with van der Waals surface area (Å²) in [5.41, 5.74) is 0.269. The fourth-order valence-corrected chi connectivity index (χ4v) is 3.40. The highest BCUT2D eigenvalue weighted by Crippen LogP contribution is 2.24. The maximum atomic E-state index is 12.4. The first kappa shape index (κ1) is 20.4. The van der Waals surface area contributed by atoms with E-state index in [4.69, 9.17) is 9.47 Å². The molecule has 0 aliphatic rings.